The molecular formula is C24H25N7O3. The van der Waals surface area contributed by atoms with Crippen LogP contribution < -0.4 is 20.1 Å². The fourth-order valence-electron chi connectivity index (χ4n) is 5.95. The van der Waals surface area contributed by atoms with Crippen LogP contribution in [0.2, 0.25) is 0 Å². The van der Waals surface area contributed by atoms with Crippen molar-refractivity contribution in [2.45, 2.75) is 18.8 Å². The average molecular weight is 460 g/mol. The summed E-state index contributed by atoms with van der Waals surface area (Å²) in [6.45, 7) is 5.32. The van der Waals surface area contributed by atoms with E-state index in [1.54, 1.807) is 0 Å². The zero-order valence-electron chi connectivity index (χ0n) is 18.8. The number of nitrogens with two attached hydrogens (primary N) is 1. The number of aromatic amines is 1. The maximum Gasteiger partial charge on any atom is 0.177 e. The van der Waals surface area contributed by atoms with Gasteiger partial charge in [0.1, 0.15) is 36.0 Å². The number of aryl methyl sites for hydroxylation is 1. The number of aromatic nitrogens is 5. The number of piperidine rings is 1. The molecule has 3 aromatic heterocycles. The lowest BCUT2D eigenvalue weighted by Gasteiger charge is -2.26. The van der Waals surface area contributed by atoms with Crippen LogP contribution in [0, 0.1) is 18.8 Å². The van der Waals surface area contributed by atoms with Crippen molar-refractivity contribution < 1.29 is 14.0 Å². The summed E-state index contributed by atoms with van der Waals surface area (Å²) in [7, 11) is 0. The van der Waals surface area contributed by atoms with Crippen LogP contribution in [-0.2, 0) is 5.41 Å². The van der Waals surface area contributed by atoms with Gasteiger partial charge in [-0.2, -0.15) is 5.10 Å². The highest BCUT2D eigenvalue weighted by Crippen LogP contribution is 2.62. The van der Waals surface area contributed by atoms with E-state index >= 15 is 0 Å². The third-order valence-electron chi connectivity index (χ3n) is 7.67. The molecule has 10 heteroatoms. The van der Waals surface area contributed by atoms with E-state index in [-0.39, 0.29) is 5.41 Å². The van der Waals surface area contributed by atoms with E-state index < -0.39 is 0 Å². The summed E-state index contributed by atoms with van der Waals surface area (Å²) in [6.07, 6.45) is 2.87. The largest absolute Gasteiger partial charge is 0.486 e. The molecule has 3 atom stereocenters. The van der Waals surface area contributed by atoms with Crippen LogP contribution in [0.5, 0.6) is 11.5 Å². The number of nitrogens with one attached hydrogen (secondary N) is 1. The number of para-hydroxylation sites is 1. The van der Waals surface area contributed by atoms with Crippen LogP contribution in [0.4, 0.5) is 5.82 Å². The van der Waals surface area contributed by atoms with Gasteiger partial charge in [0, 0.05) is 31.1 Å². The number of ether oxygens (including phenoxy) is 2. The lowest BCUT2D eigenvalue weighted by Crippen LogP contribution is -2.32. The number of benzene rings is 1. The van der Waals surface area contributed by atoms with Gasteiger partial charge in [-0.05, 0) is 37.3 Å². The van der Waals surface area contributed by atoms with Crippen molar-refractivity contribution in [2.24, 2.45) is 17.6 Å². The second-order valence-electron chi connectivity index (χ2n) is 9.34. The van der Waals surface area contributed by atoms with Crippen molar-refractivity contribution in [3.8, 4) is 22.8 Å². The third kappa shape index (κ3) is 2.71. The highest BCUT2D eigenvalue weighted by molar-refractivity contribution is 5.90. The number of nitrogens with zero attached hydrogens (tertiary/aromatic N) is 5. The van der Waals surface area contributed by atoms with E-state index in [9.17, 15) is 0 Å². The molecule has 0 bridgehead atoms. The first-order chi connectivity index (χ1) is 16.7. The van der Waals surface area contributed by atoms with Crippen molar-refractivity contribution in [3.63, 3.8) is 0 Å². The molecule has 1 saturated carbocycles. The summed E-state index contributed by atoms with van der Waals surface area (Å²) >= 11 is 0. The van der Waals surface area contributed by atoms with E-state index in [2.05, 4.69) is 20.3 Å². The zero-order valence-corrected chi connectivity index (χ0v) is 18.8. The predicted molar refractivity (Wildman–Crippen MR) is 124 cm³/mol. The minimum atomic E-state index is -0.0975. The second kappa shape index (κ2) is 7.17. The van der Waals surface area contributed by atoms with Crippen LogP contribution in [0.25, 0.3) is 22.4 Å². The first-order valence-electron chi connectivity index (χ1n) is 11.7. The SMILES string of the molecule is Cc1cc([C@@]2(CN)[C@@H]3CCN(c4cnc5c(-c6cccc7c6OCCO7)n[nH]c5n4)C[C@@H]32)no1. The first-order valence-corrected chi connectivity index (χ1v) is 11.7. The van der Waals surface area contributed by atoms with Crippen LogP contribution in [0.15, 0.2) is 35.0 Å². The molecule has 3 aliphatic rings. The van der Waals surface area contributed by atoms with Crippen LogP contribution in [-0.4, -0.2) is 58.2 Å². The standard InChI is InChI=1S/C24H25N7O3/c1-13-9-18(30-34-13)24(12-25)15-5-6-31(11-16(15)24)19-10-26-21-20(28-29-23(21)27-19)14-3-2-4-17-22(14)33-8-7-32-17/h2-4,9-10,15-16H,5-8,11-12,25H2,1H3,(H,27,28,29)/t15-,16+,24+/m1/s1. The number of fused-ring (bicyclic) bond motifs is 3. The minimum Gasteiger partial charge on any atom is -0.486 e. The molecule has 3 N–H and O–H groups in total. The molecule has 2 fully saturated rings. The summed E-state index contributed by atoms with van der Waals surface area (Å²) in [5.41, 5.74) is 10.1. The predicted octanol–water partition coefficient (Wildman–Crippen LogP) is 2.44. The summed E-state index contributed by atoms with van der Waals surface area (Å²) in [5.74, 6) is 4.04. The maximum absolute atomic E-state index is 6.27. The summed E-state index contributed by atoms with van der Waals surface area (Å²) in [4.78, 5) is 11.9. The van der Waals surface area contributed by atoms with Gasteiger partial charge >= 0.3 is 0 Å². The van der Waals surface area contributed by atoms with Crippen LogP contribution >= 0.6 is 0 Å². The lowest BCUT2D eigenvalue weighted by atomic mass is 9.97. The normalized spacial score (nSPS) is 25.4. The highest BCUT2D eigenvalue weighted by Gasteiger charge is 2.67. The Balaban J connectivity index is 1.18. The zero-order chi connectivity index (χ0) is 22.9. The van der Waals surface area contributed by atoms with E-state index in [1.165, 1.54) is 0 Å². The van der Waals surface area contributed by atoms with E-state index in [0.29, 0.717) is 54.2 Å². The fraction of sp³-hybridized carbons (Fsp3) is 0.417. The van der Waals surface area contributed by atoms with Crippen molar-refractivity contribution in [1.82, 2.24) is 25.3 Å². The molecule has 1 aliphatic carbocycles. The van der Waals surface area contributed by atoms with Crippen LogP contribution in [0.3, 0.4) is 0 Å². The molecular weight excluding hydrogens is 434 g/mol. The Bertz CT molecular complexity index is 1400. The lowest BCUT2D eigenvalue weighted by molar-refractivity contribution is 0.172. The molecule has 0 spiro atoms. The van der Waals surface area contributed by atoms with Gasteiger partial charge in [-0.15, -0.1) is 0 Å². The molecule has 0 unspecified atom stereocenters. The summed E-state index contributed by atoms with van der Waals surface area (Å²) in [5, 5.41) is 11.9. The average Bonchev–Trinajstić information content (AvgIpc) is 3.12. The Kier molecular flexibility index (Phi) is 4.17. The number of hydrogen-bond acceptors (Lipinski definition) is 9. The Labute approximate surface area is 195 Å². The molecule has 7 rings (SSSR count). The van der Waals surface area contributed by atoms with Crippen molar-refractivity contribution >= 4 is 17.0 Å². The van der Waals surface area contributed by atoms with Crippen molar-refractivity contribution in [1.29, 1.82) is 0 Å². The Morgan fingerprint density at radius 1 is 1.24 bits per heavy atom. The molecule has 5 heterocycles. The third-order valence-corrected chi connectivity index (χ3v) is 7.67. The summed E-state index contributed by atoms with van der Waals surface area (Å²) in [6, 6.07) is 7.84. The number of H-pyrrole nitrogens is 1. The molecule has 2 aliphatic heterocycles. The van der Waals surface area contributed by atoms with Gasteiger partial charge in [0.2, 0.25) is 0 Å². The first kappa shape index (κ1) is 19.8. The number of rotatable bonds is 4. The second-order valence-corrected chi connectivity index (χ2v) is 9.34. The quantitative estimate of drug-likeness (QED) is 0.473. The smallest absolute Gasteiger partial charge is 0.177 e. The van der Waals surface area contributed by atoms with Gasteiger partial charge in [-0.25, -0.2) is 9.97 Å². The van der Waals surface area contributed by atoms with Gasteiger partial charge < -0.3 is 24.6 Å². The minimum absolute atomic E-state index is 0.0975. The molecule has 34 heavy (non-hydrogen) atoms. The Hall–Kier alpha value is -3.66. The summed E-state index contributed by atoms with van der Waals surface area (Å²) < 4.78 is 17.0. The molecule has 174 valence electrons. The van der Waals surface area contributed by atoms with Crippen molar-refractivity contribution in [2.75, 3.05) is 37.7 Å². The van der Waals surface area contributed by atoms with Gasteiger partial charge in [0.05, 0.1) is 17.5 Å². The molecule has 0 amide bonds. The van der Waals surface area contributed by atoms with Crippen molar-refractivity contribution in [3.05, 3.63) is 41.9 Å². The molecule has 0 radical (unpaired) electrons. The molecule has 1 aromatic carbocycles. The number of anilines is 1. The van der Waals surface area contributed by atoms with Crippen LogP contribution in [0.1, 0.15) is 17.9 Å². The fourth-order valence-corrected chi connectivity index (χ4v) is 5.95. The maximum atomic E-state index is 6.27. The van der Waals surface area contributed by atoms with Gasteiger partial charge in [0.25, 0.3) is 0 Å². The highest BCUT2D eigenvalue weighted by atomic mass is 16.6. The Morgan fingerprint density at radius 3 is 3.00 bits per heavy atom. The topological polar surface area (TPSA) is 128 Å². The monoisotopic (exact) mass is 459 g/mol. The van der Waals surface area contributed by atoms with E-state index in [1.807, 2.05) is 37.4 Å². The molecule has 1 saturated heterocycles. The molecule has 4 aromatic rings. The number of hydrogen-bond donors (Lipinski definition) is 2. The van der Waals surface area contributed by atoms with Gasteiger partial charge in [-0.1, -0.05) is 11.2 Å². The molecule has 10 nitrogen and oxygen atoms in total. The van der Waals surface area contributed by atoms with E-state index in [0.717, 1.165) is 48.1 Å². The van der Waals surface area contributed by atoms with Gasteiger partial charge in [0.15, 0.2) is 17.1 Å². The Morgan fingerprint density at radius 2 is 2.15 bits per heavy atom. The van der Waals surface area contributed by atoms with E-state index in [4.69, 9.17) is 29.7 Å². The van der Waals surface area contributed by atoms with Gasteiger partial charge in [-0.3, -0.25) is 5.10 Å².